The van der Waals surface area contributed by atoms with Crippen LogP contribution in [0.25, 0.3) is 0 Å². The highest BCUT2D eigenvalue weighted by molar-refractivity contribution is 5.12. The van der Waals surface area contributed by atoms with Crippen molar-refractivity contribution in [3.63, 3.8) is 0 Å². The number of hydrogen-bond donors (Lipinski definition) is 0. The van der Waals surface area contributed by atoms with E-state index in [4.69, 9.17) is 4.52 Å². The summed E-state index contributed by atoms with van der Waals surface area (Å²) in [5.74, 6) is 0.954. The highest BCUT2D eigenvalue weighted by atomic mass is 16.5. The molecule has 0 radical (unpaired) electrons. The molecule has 2 heteroatoms. The van der Waals surface area contributed by atoms with Crippen molar-refractivity contribution in [3.05, 3.63) is 18.0 Å². The van der Waals surface area contributed by atoms with Crippen LogP contribution in [0.4, 0.5) is 0 Å². The average molecular weight is 167 g/mol. The van der Waals surface area contributed by atoms with E-state index in [1.165, 1.54) is 0 Å². The molecule has 0 N–H and O–H groups in total. The van der Waals surface area contributed by atoms with Crippen LogP contribution < -0.4 is 0 Å². The largest absolute Gasteiger partial charge is 0.361 e. The molecule has 1 aromatic heterocycles. The molecule has 1 aromatic rings. The summed E-state index contributed by atoms with van der Waals surface area (Å²) in [6.07, 6.45) is 1.70. The van der Waals surface area contributed by atoms with E-state index in [0.29, 0.717) is 0 Å². The maximum atomic E-state index is 5.17. The highest BCUT2D eigenvalue weighted by Gasteiger charge is 2.37. The minimum Gasteiger partial charge on any atom is -0.361 e. The molecule has 0 saturated carbocycles. The van der Waals surface area contributed by atoms with Gasteiger partial charge in [-0.1, -0.05) is 39.8 Å². The van der Waals surface area contributed by atoms with Crippen molar-refractivity contribution < 1.29 is 4.52 Å². The first-order valence-electron chi connectivity index (χ1n) is 4.27. The van der Waals surface area contributed by atoms with Gasteiger partial charge in [0, 0.05) is 11.5 Å². The molecule has 12 heavy (non-hydrogen) atoms. The quantitative estimate of drug-likeness (QED) is 0.642. The van der Waals surface area contributed by atoms with Crippen molar-refractivity contribution in [2.75, 3.05) is 0 Å². The first kappa shape index (κ1) is 9.30. The first-order chi connectivity index (χ1) is 5.36. The monoisotopic (exact) mass is 167 g/mol. The Morgan fingerprint density at radius 2 is 1.75 bits per heavy atom. The van der Waals surface area contributed by atoms with Gasteiger partial charge >= 0.3 is 0 Å². The van der Waals surface area contributed by atoms with Gasteiger partial charge in [0.05, 0.1) is 6.20 Å². The Labute approximate surface area is 74.0 Å². The molecule has 2 nitrogen and oxygen atoms in total. The molecule has 0 amide bonds. The third-order valence-corrected chi connectivity index (χ3v) is 2.93. The van der Waals surface area contributed by atoms with Crippen LogP contribution in [0.2, 0.25) is 0 Å². The summed E-state index contributed by atoms with van der Waals surface area (Å²) in [5.41, 5.74) is 0.218. The molecule has 1 rings (SSSR count). The molecular weight excluding hydrogens is 150 g/mol. The molecule has 68 valence electrons. The number of aromatic nitrogens is 1. The second-order valence-corrected chi connectivity index (χ2v) is 4.75. The van der Waals surface area contributed by atoms with Gasteiger partial charge in [-0.3, -0.25) is 0 Å². The molecule has 0 bridgehead atoms. The topological polar surface area (TPSA) is 26.0 Å². The van der Waals surface area contributed by atoms with Gasteiger partial charge in [-0.05, 0) is 5.41 Å². The fourth-order valence-electron chi connectivity index (χ4n) is 0.908. The number of rotatable bonds is 1. The molecule has 1 heterocycles. The van der Waals surface area contributed by atoms with Crippen molar-refractivity contribution in [2.24, 2.45) is 5.41 Å². The Bertz CT molecular complexity index is 241. The van der Waals surface area contributed by atoms with E-state index in [1.807, 2.05) is 6.07 Å². The van der Waals surface area contributed by atoms with Crippen LogP contribution in [-0.4, -0.2) is 5.16 Å². The molecule has 0 saturated heterocycles. The molecule has 0 aliphatic rings. The van der Waals surface area contributed by atoms with Crippen molar-refractivity contribution in [2.45, 2.75) is 40.0 Å². The van der Waals surface area contributed by atoms with E-state index in [1.54, 1.807) is 6.20 Å². The standard InChI is InChI=1S/C10H17NO/c1-9(2,3)10(4,5)8-6-7-11-12-8/h6-7H,1-5H3. The molecule has 0 spiro atoms. The van der Waals surface area contributed by atoms with Crippen molar-refractivity contribution >= 4 is 0 Å². The Balaban J connectivity index is 3.02. The van der Waals surface area contributed by atoms with Crippen molar-refractivity contribution in [1.82, 2.24) is 5.16 Å². The Kier molecular flexibility index (Phi) is 2.02. The minimum atomic E-state index is 0.0312. The van der Waals surface area contributed by atoms with E-state index >= 15 is 0 Å². The molecule has 0 aromatic carbocycles. The number of hydrogen-bond acceptors (Lipinski definition) is 2. The summed E-state index contributed by atoms with van der Waals surface area (Å²) in [5, 5.41) is 3.73. The first-order valence-corrected chi connectivity index (χ1v) is 4.27. The normalized spacial score (nSPS) is 13.4. The predicted octanol–water partition coefficient (Wildman–Crippen LogP) is 3.00. The second kappa shape index (κ2) is 2.61. The lowest BCUT2D eigenvalue weighted by molar-refractivity contribution is 0.175. The summed E-state index contributed by atoms with van der Waals surface area (Å²) < 4.78 is 5.17. The van der Waals surface area contributed by atoms with Crippen LogP contribution in [-0.2, 0) is 5.41 Å². The summed E-state index contributed by atoms with van der Waals surface area (Å²) in [4.78, 5) is 0. The van der Waals surface area contributed by atoms with E-state index < -0.39 is 0 Å². The average Bonchev–Trinajstić information content (AvgIpc) is 2.34. The Morgan fingerprint density at radius 1 is 1.17 bits per heavy atom. The SMILES string of the molecule is CC(C)(C)C(C)(C)c1ccno1. The van der Waals surface area contributed by atoms with Crippen LogP contribution >= 0.6 is 0 Å². The summed E-state index contributed by atoms with van der Waals surface area (Å²) in [7, 11) is 0. The van der Waals surface area contributed by atoms with Gasteiger partial charge in [-0.2, -0.15) is 0 Å². The van der Waals surface area contributed by atoms with E-state index in [0.717, 1.165) is 5.76 Å². The van der Waals surface area contributed by atoms with Gasteiger partial charge in [0.25, 0.3) is 0 Å². The lowest BCUT2D eigenvalue weighted by Crippen LogP contribution is -2.33. The lowest BCUT2D eigenvalue weighted by Gasteiger charge is -2.36. The van der Waals surface area contributed by atoms with Gasteiger partial charge < -0.3 is 4.52 Å². The minimum absolute atomic E-state index is 0.0312. The van der Waals surface area contributed by atoms with E-state index in [9.17, 15) is 0 Å². The summed E-state index contributed by atoms with van der Waals surface area (Å²) in [6, 6.07) is 1.94. The van der Waals surface area contributed by atoms with Crippen LogP contribution in [0.15, 0.2) is 16.8 Å². The third-order valence-electron chi connectivity index (χ3n) is 2.93. The maximum absolute atomic E-state index is 5.17. The maximum Gasteiger partial charge on any atom is 0.142 e. The van der Waals surface area contributed by atoms with Crippen molar-refractivity contribution in [3.8, 4) is 0 Å². The van der Waals surface area contributed by atoms with Crippen LogP contribution in [0, 0.1) is 5.41 Å². The van der Waals surface area contributed by atoms with E-state index in [-0.39, 0.29) is 10.8 Å². The molecular formula is C10H17NO. The van der Waals surface area contributed by atoms with Crippen LogP contribution in [0.1, 0.15) is 40.4 Å². The summed E-state index contributed by atoms with van der Waals surface area (Å²) in [6.45, 7) is 11.0. The molecule has 0 aliphatic heterocycles. The zero-order chi connectivity index (χ0) is 9.41. The smallest absolute Gasteiger partial charge is 0.142 e. The molecule has 0 atom stereocenters. The van der Waals surface area contributed by atoms with E-state index in [2.05, 4.69) is 39.8 Å². The van der Waals surface area contributed by atoms with Gasteiger partial charge in [-0.25, -0.2) is 0 Å². The Morgan fingerprint density at radius 3 is 2.08 bits per heavy atom. The zero-order valence-electron chi connectivity index (χ0n) is 8.51. The summed E-state index contributed by atoms with van der Waals surface area (Å²) >= 11 is 0. The second-order valence-electron chi connectivity index (χ2n) is 4.75. The lowest BCUT2D eigenvalue weighted by atomic mass is 9.68. The fraction of sp³-hybridized carbons (Fsp3) is 0.700. The Hall–Kier alpha value is -0.790. The van der Waals surface area contributed by atoms with Gasteiger partial charge in [-0.15, -0.1) is 0 Å². The van der Waals surface area contributed by atoms with Gasteiger partial charge in [0.15, 0.2) is 0 Å². The third kappa shape index (κ3) is 1.38. The van der Waals surface area contributed by atoms with Crippen LogP contribution in [0.3, 0.4) is 0 Å². The molecule has 0 aliphatic carbocycles. The van der Waals surface area contributed by atoms with Gasteiger partial charge in [0.2, 0.25) is 0 Å². The van der Waals surface area contributed by atoms with Crippen molar-refractivity contribution in [1.29, 1.82) is 0 Å². The highest BCUT2D eigenvalue weighted by Crippen LogP contribution is 2.40. The van der Waals surface area contributed by atoms with Gasteiger partial charge in [0.1, 0.15) is 5.76 Å². The zero-order valence-corrected chi connectivity index (χ0v) is 8.51. The predicted molar refractivity (Wildman–Crippen MR) is 49.0 cm³/mol. The fourth-order valence-corrected chi connectivity index (χ4v) is 0.908. The molecule has 0 fully saturated rings. The van der Waals surface area contributed by atoms with Crippen LogP contribution in [0.5, 0.6) is 0 Å². The number of nitrogens with zero attached hydrogens (tertiary/aromatic N) is 1. The molecule has 0 unspecified atom stereocenters.